The van der Waals surface area contributed by atoms with Crippen LogP contribution in [0.15, 0.2) is 119 Å². The van der Waals surface area contributed by atoms with Gasteiger partial charge in [0, 0.05) is 23.7 Å². The lowest BCUT2D eigenvalue weighted by Gasteiger charge is -2.25. The highest BCUT2D eigenvalue weighted by Gasteiger charge is 2.32. The summed E-state index contributed by atoms with van der Waals surface area (Å²) in [6, 6.07) is 26.8. The monoisotopic (exact) mass is 774 g/mol. The second-order valence-corrected chi connectivity index (χ2v) is 14.0. The largest absolute Gasteiger partial charge is 0.494 e. The van der Waals surface area contributed by atoms with Crippen LogP contribution >= 0.6 is 0 Å². The maximum atomic E-state index is 13.8. The molecular formula is C46H54N4O7. The summed E-state index contributed by atoms with van der Waals surface area (Å²) in [5.41, 5.74) is 3.83. The predicted molar refractivity (Wildman–Crippen MR) is 225 cm³/mol. The summed E-state index contributed by atoms with van der Waals surface area (Å²) in [7, 11) is 0. The number of aliphatic hydroxyl groups excluding tert-OH is 1. The maximum Gasteiger partial charge on any atom is 0.329 e. The van der Waals surface area contributed by atoms with Crippen molar-refractivity contribution in [1.82, 2.24) is 10.6 Å². The highest BCUT2D eigenvalue weighted by Crippen LogP contribution is 2.21. The highest BCUT2D eigenvalue weighted by molar-refractivity contribution is 6.02. The lowest BCUT2D eigenvalue weighted by molar-refractivity contribution is -0.145. The molecule has 0 fully saturated rings. The number of rotatable bonds is 21. The Hall–Kier alpha value is -6.07. The fourth-order valence-corrected chi connectivity index (χ4v) is 5.95. The molecule has 0 aromatic heterocycles. The van der Waals surface area contributed by atoms with Crippen LogP contribution in [0.4, 0.5) is 0 Å². The van der Waals surface area contributed by atoms with Gasteiger partial charge in [-0.3, -0.25) is 9.59 Å². The summed E-state index contributed by atoms with van der Waals surface area (Å²) in [5, 5.41) is 26.1. The van der Waals surface area contributed by atoms with Crippen LogP contribution in [0.1, 0.15) is 98.5 Å². The molecule has 0 saturated heterocycles. The third kappa shape index (κ3) is 13.9. The molecule has 4 aromatic rings. The van der Waals surface area contributed by atoms with Gasteiger partial charge in [-0.25, -0.2) is 14.8 Å². The second-order valence-electron chi connectivity index (χ2n) is 14.0. The molecule has 2 amide bonds. The molecule has 0 radical (unpaired) electrons. The number of aliphatic imine (C=N–C) groups is 2. The van der Waals surface area contributed by atoms with Gasteiger partial charge in [-0.15, -0.1) is 0 Å². The Morgan fingerprint density at radius 1 is 0.789 bits per heavy atom. The molecular weight excluding hydrogens is 721 g/mol. The Morgan fingerprint density at radius 2 is 1.40 bits per heavy atom. The summed E-state index contributed by atoms with van der Waals surface area (Å²) in [5.74, 6) is -0.970. The summed E-state index contributed by atoms with van der Waals surface area (Å²) < 4.78 is 11.6. The number of aliphatic hydroxyl groups is 1. The molecule has 3 atom stereocenters. The Bertz CT molecular complexity index is 1960. The van der Waals surface area contributed by atoms with Crippen LogP contribution in [0.25, 0.3) is 5.57 Å². The number of nitrogens with one attached hydrogen (secondary N) is 2. The number of hydrogen-bond donors (Lipinski definition) is 4. The summed E-state index contributed by atoms with van der Waals surface area (Å²) in [6.45, 7) is 12.3. The SMILES string of the molecule is C=NC(=N/C=C(\C)c1ccc(OCCCCCCC)cc1)c1ccc(C[C@H](NC(=O)c2ccc(OC(C)C)cc2)C(=O)NC(C(=O)O)C(O)c2ccccc2)cc1. The van der Waals surface area contributed by atoms with Crippen molar-refractivity contribution in [3.05, 3.63) is 137 Å². The smallest absolute Gasteiger partial charge is 0.329 e. The summed E-state index contributed by atoms with van der Waals surface area (Å²) >= 11 is 0. The lowest BCUT2D eigenvalue weighted by atomic mass is 10.00. The number of carbonyl (C=O) groups excluding carboxylic acids is 2. The third-order valence-electron chi connectivity index (χ3n) is 9.14. The molecule has 57 heavy (non-hydrogen) atoms. The fourth-order valence-electron chi connectivity index (χ4n) is 5.95. The molecule has 0 saturated carbocycles. The number of amides is 2. The zero-order valence-electron chi connectivity index (χ0n) is 33.2. The first-order chi connectivity index (χ1) is 27.5. The predicted octanol–water partition coefficient (Wildman–Crippen LogP) is 7.98. The van der Waals surface area contributed by atoms with E-state index in [0.717, 1.165) is 23.3 Å². The fraction of sp³-hybridized carbons (Fsp3) is 0.326. The van der Waals surface area contributed by atoms with Crippen LogP contribution in [-0.2, 0) is 16.0 Å². The quantitative estimate of drug-likeness (QED) is 0.0380. The van der Waals surface area contributed by atoms with Crippen LogP contribution in [0, 0.1) is 0 Å². The molecule has 11 heteroatoms. The minimum atomic E-state index is -1.68. The second kappa shape index (κ2) is 22.5. The van der Waals surface area contributed by atoms with Crippen LogP contribution in [-0.4, -0.2) is 65.3 Å². The van der Waals surface area contributed by atoms with E-state index < -0.39 is 36.0 Å². The minimum absolute atomic E-state index is 0.00569. The van der Waals surface area contributed by atoms with Gasteiger partial charge in [0.15, 0.2) is 11.9 Å². The Balaban J connectivity index is 1.49. The number of allylic oxidation sites excluding steroid dienone is 1. The lowest BCUT2D eigenvalue weighted by Crippen LogP contribution is -2.54. The normalized spacial score (nSPS) is 13.3. The van der Waals surface area contributed by atoms with E-state index in [9.17, 15) is 24.6 Å². The molecule has 4 rings (SSSR count). The van der Waals surface area contributed by atoms with Gasteiger partial charge in [0.25, 0.3) is 5.91 Å². The minimum Gasteiger partial charge on any atom is -0.494 e. The molecule has 0 aliphatic heterocycles. The van der Waals surface area contributed by atoms with Gasteiger partial charge in [0.1, 0.15) is 23.6 Å². The summed E-state index contributed by atoms with van der Waals surface area (Å²) in [4.78, 5) is 48.2. The Labute approximate surface area is 335 Å². The molecule has 0 aliphatic rings. The van der Waals surface area contributed by atoms with Gasteiger partial charge in [-0.05, 0) is 92.6 Å². The van der Waals surface area contributed by atoms with Crippen LogP contribution in [0.3, 0.4) is 0 Å². The molecule has 4 aromatic carbocycles. The van der Waals surface area contributed by atoms with Crippen molar-refractivity contribution < 1.29 is 34.1 Å². The van der Waals surface area contributed by atoms with Crippen molar-refractivity contribution in [3.8, 4) is 11.5 Å². The first kappa shape index (κ1) is 43.7. The molecule has 300 valence electrons. The zero-order chi connectivity index (χ0) is 41.2. The van der Waals surface area contributed by atoms with E-state index in [1.54, 1.807) is 85.1 Å². The molecule has 0 spiro atoms. The first-order valence-corrected chi connectivity index (χ1v) is 19.4. The first-order valence-electron chi connectivity index (χ1n) is 19.4. The molecule has 2 unspecified atom stereocenters. The number of ether oxygens (including phenoxy) is 2. The molecule has 11 nitrogen and oxygen atoms in total. The van der Waals surface area contributed by atoms with Crippen molar-refractivity contribution in [2.75, 3.05) is 6.61 Å². The van der Waals surface area contributed by atoms with Crippen LogP contribution in [0.5, 0.6) is 11.5 Å². The molecule has 0 bridgehead atoms. The van der Waals surface area contributed by atoms with Crippen LogP contribution in [0.2, 0.25) is 0 Å². The van der Waals surface area contributed by atoms with Gasteiger partial charge in [-0.1, -0.05) is 99.3 Å². The van der Waals surface area contributed by atoms with Gasteiger partial charge >= 0.3 is 5.97 Å². The number of nitrogens with zero attached hydrogens (tertiary/aromatic N) is 2. The van der Waals surface area contributed by atoms with Gasteiger partial charge in [0.05, 0.1) is 12.7 Å². The Morgan fingerprint density at radius 3 is 2.02 bits per heavy atom. The highest BCUT2D eigenvalue weighted by atomic mass is 16.5. The van der Waals surface area contributed by atoms with E-state index in [2.05, 4.69) is 34.3 Å². The average molecular weight is 775 g/mol. The number of hydrogen-bond acceptors (Lipinski definition) is 7. The van der Waals surface area contributed by atoms with Crippen molar-refractivity contribution in [1.29, 1.82) is 0 Å². The van der Waals surface area contributed by atoms with E-state index in [-0.39, 0.29) is 18.1 Å². The topological polar surface area (TPSA) is 159 Å². The van der Waals surface area contributed by atoms with Gasteiger partial charge in [-0.2, -0.15) is 0 Å². The van der Waals surface area contributed by atoms with Crippen molar-refractivity contribution >= 4 is 35.9 Å². The molecule has 0 heterocycles. The number of carbonyl (C=O) groups is 3. The van der Waals surface area contributed by atoms with Gasteiger partial charge in [0.2, 0.25) is 5.91 Å². The number of unbranched alkanes of at least 4 members (excludes halogenated alkanes) is 4. The molecule has 0 aliphatic carbocycles. The van der Waals surface area contributed by atoms with E-state index in [1.165, 1.54) is 25.7 Å². The van der Waals surface area contributed by atoms with E-state index in [4.69, 9.17) is 9.47 Å². The Kier molecular flexibility index (Phi) is 17.2. The van der Waals surface area contributed by atoms with Crippen molar-refractivity contribution in [3.63, 3.8) is 0 Å². The number of aliphatic carboxylic acids is 1. The number of carboxylic acids is 1. The zero-order valence-corrected chi connectivity index (χ0v) is 33.2. The third-order valence-corrected chi connectivity index (χ3v) is 9.14. The van der Waals surface area contributed by atoms with E-state index >= 15 is 0 Å². The van der Waals surface area contributed by atoms with Crippen molar-refractivity contribution in [2.45, 2.75) is 90.5 Å². The number of carboxylic acid groups (broad SMARTS) is 1. The van der Waals surface area contributed by atoms with Gasteiger partial charge < -0.3 is 30.3 Å². The number of amidine groups is 1. The number of benzene rings is 4. The standard InChI is InChI=1S/C46H54N4O7/c1-6-7-8-9-13-28-56-38-24-20-34(21-25-38)32(4)30-48-43(47-5)36-18-16-33(17-19-36)29-40(49-44(52)37-22-26-39(27-23-37)57-31(2)3)45(53)50-41(46(54)55)42(51)35-14-11-10-12-15-35/h10-12,14-27,30-31,40-42,51H,5-9,13,28-29H2,1-4H3,(H,49,52)(H,50,53)(H,54,55)/b32-30+,48-43?/t40-,41?,42?/m0/s1. The maximum absolute atomic E-state index is 13.8. The van der Waals surface area contributed by atoms with E-state index in [0.29, 0.717) is 34.9 Å². The molecule has 4 N–H and O–H groups in total. The summed E-state index contributed by atoms with van der Waals surface area (Å²) in [6.07, 6.45) is 6.05. The van der Waals surface area contributed by atoms with Crippen molar-refractivity contribution in [2.24, 2.45) is 9.98 Å². The average Bonchev–Trinajstić information content (AvgIpc) is 3.21. The van der Waals surface area contributed by atoms with E-state index in [1.807, 2.05) is 45.0 Å². The van der Waals surface area contributed by atoms with Crippen LogP contribution < -0.4 is 20.1 Å².